The van der Waals surface area contributed by atoms with E-state index in [1.807, 2.05) is 0 Å². The number of aryl methyl sites for hydroxylation is 1. The lowest BCUT2D eigenvalue weighted by Gasteiger charge is -2.14. The highest BCUT2D eigenvalue weighted by atomic mass is 16.7. The van der Waals surface area contributed by atoms with Crippen molar-refractivity contribution >= 4 is 0 Å². The highest BCUT2D eigenvalue weighted by molar-refractivity contribution is 5.24. The first-order valence-corrected chi connectivity index (χ1v) is 6.10. The number of nitrogens with two attached hydrogens (primary N) is 1. The van der Waals surface area contributed by atoms with Gasteiger partial charge in [0.15, 0.2) is 6.29 Å². The normalized spacial score (nSPS) is 17.4. The SMILES string of the molecule is COC(OC)c1ccc(CCC2(N)CC2)cc1. The van der Waals surface area contributed by atoms with Gasteiger partial charge < -0.3 is 15.2 Å². The van der Waals surface area contributed by atoms with E-state index >= 15 is 0 Å². The van der Waals surface area contributed by atoms with Crippen molar-refractivity contribution in [2.24, 2.45) is 5.73 Å². The molecule has 0 aromatic heterocycles. The van der Waals surface area contributed by atoms with Crippen LogP contribution in [0, 0.1) is 0 Å². The largest absolute Gasteiger partial charge is 0.352 e. The van der Waals surface area contributed by atoms with Crippen LogP contribution in [0.25, 0.3) is 0 Å². The molecule has 94 valence electrons. The lowest BCUT2D eigenvalue weighted by Crippen LogP contribution is -2.22. The molecule has 17 heavy (non-hydrogen) atoms. The van der Waals surface area contributed by atoms with Crippen LogP contribution in [0.5, 0.6) is 0 Å². The van der Waals surface area contributed by atoms with Crippen LogP contribution in [0.15, 0.2) is 24.3 Å². The average molecular weight is 235 g/mol. The molecule has 0 amide bonds. The van der Waals surface area contributed by atoms with E-state index in [1.165, 1.54) is 18.4 Å². The van der Waals surface area contributed by atoms with Gasteiger partial charge in [-0.3, -0.25) is 0 Å². The number of methoxy groups -OCH3 is 2. The predicted octanol–water partition coefficient (Wildman–Crippen LogP) is 2.40. The van der Waals surface area contributed by atoms with E-state index in [9.17, 15) is 0 Å². The second-order valence-electron chi connectivity index (χ2n) is 4.91. The second-order valence-corrected chi connectivity index (χ2v) is 4.91. The van der Waals surface area contributed by atoms with Gasteiger partial charge >= 0.3 is 0 Å². The molecule has 0 radical (unpaired) electrons. The molecule has 0 spiro atoms. The number of ether oxygens (including phenoxy) is 2. The molecule has 0 saturated heterocycles. The number of hydrogen-bond donors (Lipinski definition) is 1. The van der Waals surface area contributed by atoms with Crippen molar-refractivity contribution in [1.29, 1.82) is 0 Å². The van der Waals surface area contributed by atoms with Crippen LogP contribution < -0.4 is 5.73 Å². The lowest BCUT2D eigenvalue weighted by molar-refractivity contribution is -0.106. The molecule has 1 saturated carbocycles. The maximum Gasteiger partial charge on any atom is 0.183 e. The molecular formula is C14H21NO2. The smallest absolute Gasteiger partial charge is 0.183 e. The van der Waals surface area contributed by atoms with E-state index in [4.69, 9.17) is 15.2 Å². The van der Waals surface area contributed by atoms with Crippen molar-refractivity contribution in [2.75, 3.05) is 14.2 Å². The minimum atomic E-state index is -0.270. The van der Waals surface area contributed by atoms with Crippen LogP contribution in [0.1, 0.15) is 36.7 Å². The van der Waals surface area contributed by atoms with E-state index in [0.717, 1.165) is 18.4 Å². The fraction of sp³-hybridized carbons (Fsp3) is 0.571. The first-order chi connectivity index (χ1) is 8.17. The van der Waals surface area contributed by atoms with Crippen molar-refractivity contribution in [3.63, 3.8) is 0 Å². The van der Waals surface area contributed by atoms with Crippen LogP contribution in [-0.2, 0) is 15.9 Å². The molecule has 1 fully saturated rings. The molecule has 1 aromatic carbocycles. The maximum atomic E-state index is 6.08. The zero-order chi connectivity index (χ0) is 12.3. The first kappa shape index (κ1) is 12.6. The van der Waals surface area contributed by atoms with Crippen molar-refractivity contribution in [3.05, 3.63) is 35.4 Å². The molecule has 2 N–H and O–H groups in total. The number of rotatable bonds is 6. The first-order valence-electron chi connectivity index (χ1n) is 6.10. The standard InChI is InChI=1S/C14H21NO2/c1-16-13(17-2)12-5-3-11(4-6-12)7-8-14(15)9-10-14/h3-6,13H,7-10,15H2,1-2H3. The van der Waals surface area contributed by atoms with Crippen LogP contribution in [-0.4, -0.2) is 19.8 Å². The van der Waals surface area contributed by atoms with E-state index in [2.05, 4.69) is 24.3 Å². The molecule has 2 rings (SSSR count). The fourth-order valence-corrected chi connectivity index (χ4v) is 2.01. The Morgan fingerprint density at radius 2 is 1.76 bits per heavy atom. The molecule has 3 heteroatoms. The fourth-order valence-electron chi connectivity index (χ4n) is 2.01. The second kappa shape index (κ2) is 5.17. The molecule has 0 heterocycles. The Balaban J connectivity index is 1.92. The van der Waals surface area contributed by atoms with Gasteiger partial charge in [0, 0.05) is 25.3 Å². The van der Waals surface area contributed by atoms with Gasteiger partial charge in [0.25, 0.3) is 0 Å². The topological polar surface area (TPSA) is 44.5 Å². The minimum absolute atomic E-state index is 0.139. The van der Waals surface area contributed by atoms with E-state index in [1.54, 1.807) is 14.2 Å². The van der Waals surface area contributed by atoms with Crippen LogP contribution in [0.4, 0.5) is 0 Å². The summed E-state index contributed by atoms with van der Waals surface area (Å²) in [6, 6.07) is 8.38. The van der Waals surface area contributed by atoms with Crippen molar-refractivity contribution in [1.82, 2.24) is 0 Å². The summed E-state index contributed by atoms with van der Waals surface area (Å²) in [7, 11) is 3.29. The predicted molar refractivity (Wildman–Crippen MR) is 67.7 cm³/mol. The molecule has 1 aromatic rings. The van der Waals surface area contributed by atoms with E-state index in [0.29, 0.717) is 0 Å². The molecule has 0 atom stereocenters. The molecule has 0 aliphatic heterocycles. The Morgan fingerprint density at radius 3 is 2.24 bits per heavy atom. The van der Waals surface area contributed by atoms with Crippen molar-refractivity contribution < 1.29 is 9.47 Å². The summed E-state index contributed by atoms with van der Waals surface area (Å²) in [4.78, 5) is 0. The van der Waals surface area contributed by atoms with Gasteiger partial charge in [0.05, 0.1) is 0 Å². The molecule has 1 aliphatic rings. The Labute approximate surface area is 103 Å². The third-order valence-electron chi connectivity index (χ3n) is 3.48. The quantitative estimate of drug-likeness (QED) is 0.770. The summed E-state index contributed by atoms with van der Waals surface area (Å²) < 4.78 is 10.4. The Morgan fingerprint density at radius 1 is 1.18 bits per heavy atom. The highest BCUT2D eigenvalue weighted by Gasteiger charge is 2.37. The average Bonchev–Trinajstić information content (AvgIpc) is 3.09. The molecular weight excluding hydrogens is 214 g/mol. The van der Waals surface area contributed by atoms with E-state index < -0.39 is 0 Å². The lowest BCUT2D eigenvalue weighted by atomic mass is 10.0. The maximum absolute atomic E-state index is 6.08. The Hall–Kier alpha value is -0.900. The molecule has 0 bridgehead atoms. The monoisotopic (exact) mass is 235 g/mol. The summed E-state index contributed by atoms with van der Waals surface area (Å²) in [6.07, 6.45) is 4.24. The van der Waals surface area contributed by atoms with Gasteiger partial charge in [-0.25, -0.2) is 0 Å². The summed E-state index contributed by atoms with van der Waals surface area (Å²) >= 11 is 0. The molecule has 0 unspecified atom stereocenters. The van der Waals surface area contributed by atoms with Gasteiger partial charge in [-0.2, -0.15) is 0 Å². The zero-order valence-corrected chi connectivity index (χ0v) is 10.6. The van der Waals surface area contributed by atoms with Crippen molar-refractivity contribution in [2.45, 2.75) is 37.5 Å². The minimum Gasteiger partial charge on any atom is -0.352 e. The highest BCUT2D eigenvalue weighted by Crippen LogP contribution is 2.36. The molecule has 3 nitrogen and oxygen atoms in total. The molecule has 1 aliphatic carbocycles. The van der Waals surface area contributed by atoms with Gasteiger partial charge in [0.1, 0.15) is 0 Å². The van der Waals surface area contributed by atoms with Crippen LogP contribution in [0.2, 0.25) is 0 Å². The number of benzene rings is 1. The van der Waals surface area contributed by atoms with Crippen molar-refractivity contribution in [3.8, 4) is 0 Å². The zero-order valence-electron chi connectivity index (χ0n) is 10.6. The van der Waals surface area contributed by atoms with Gasteiger partial charge in [-0.15, -0.1) is 0 Å². The summed E-state index contributed by atoms with van der Waals surface area (Å²) in [5.74, 6) is 0. The summed E-state index contributed by atoms with van der Waals surface area (Å²) in [5, 5.41) is 0. The third kappa shape index (κ3) is 3.28. The van der Waals surface area contributed by atoms with Crippen LogP contribution >= 0.6 is 0 Å². The van der Waals surface area contributed by atoms with Gasteiger partial charge in [-0.1, -0.05) is 24.3 Å². The Kier molecular flexibility index (Phi) is 3.82. The Bertz CT molecular complexity index is 353. The summed E-state index contributed by atoms with van der Waals surface area (Å²) in [5.41, 5.74) is 8.59. The van der Waals surface area contributed by atoms with Crippen LogP contribution in [0.3, 0.4) is 0 Å². The summed E-state index contributed by atoms with van der Waals surface area (Å²) in [6.45, 7) is 0. The third-order valence-corrected chi connectivity index (χ3v) is 3.48. The van der Waals surface area contributed by atoms with E-state index in [-0.39, 0.29) is 11.8 Å². The number of hydrogen-bond acceptors (Lipinski definition) is 3. The van der Waals surface area contributed by atoms with Gasteiger partial charge in [0.2, 0.25) is 0 Å². The van der Waals surface area contributed by atoms with Gasteiger partial charge in [-0.05, 0) is 31.2 Å².